The molecule has 0 saturated heterocycles. The molecule has 22 heavy (non-hydrogen) atoms. The lowest BCUT2D eigenvalue weighted by atomic mass is 10.1. The Kier molecular flexibility index (Phi) is 5.90. The number of alkyl halides is 1. The van der Waals surface area contributed by atoms with E-state index in [1.165, 1.54) is 0 Å². The van der Waals surface area contributed by atoms with E-state index in [4.69, 9.17) is 0 Å². The first-order chi connectivity index (χ1) is 10.6. The van der Waals surface area contributed by atoms with Crippen LogP contribution in [-0.4, -0.2) is 23.6 Å². The fourth-order valence-corrected chi connectivity index (χ4v) is 2.46. The molecule has 0 saturated carbocycles. The van der Waals surface area contributed by atoms with Crippen molar-refractivity contribution in [1.82, 2.24) is 0 Å². The average molecular weight is 360 g/mol. The molecule has 0 aliphatic carbocycles. The molecule has 0 aromatic heterocycles. The van der Waals surface area contributed by atoms with E-state index in [2.05, 4.69) is 15.9 Å². The van der Waals surface area contributed by atoms with Gasteiger partial charge in [-0.15, -0.1) is 0 Å². The molecular formula is C18H18BrNO2. The van der Waals surface area contributed by atoms with Gasteiger partial charge in [0.25, 0.3) is 5.91 Å². The Morgan fingerprint density at radius 3 is 2.41 bits per heavy atom. The summed E-state index contributed by atoms with van der Waals surface area (Å²) in [7, 11) is 0. The first-order valence-electron chi connectivity index (χ1n) is 7.15. The number of hydrogen-bond acceptors (Lipinski definition) is 2. The monoisotopic (exact) mass is 359 g/mol. The van der Waals surface area contributed by atoms with E-state index in [9.17, 15) is 9.59 Å². The number of carbonyl (C=O) groups excluding carboxylic acids is 2. The summed E-state index contributed by atoms with van der Waals surface area (Å²) in [6.45, 7) is 2.46. The van der Waals surface area contributed by atoms with Crippen LogP contribution >= 0.6 is 15.9 Å². The van der Waals surface area contributed by atoms with Gasteiger partial charge in [-0.05, 0) is 37.1 Å². The summed E-state index contributed by atoms with van der Waals surface area (Å²) in [5, 5.41) is 0. The number of hydrogen-bond donors (Lipinski definition) is 0. The molecule has 114 valence electrons. The van der Waals surface area contributed by atoms with Gasteiger partial charge in [-0.3, -0.25) is 4.79 Å². The molecule has 1 amide bonds. The second-order valence-electron chi connectivity index (χ2n) is 5.05. The molecule has 1 atom stereocenters. The molecule has 1 unspecified atom stereocenters. The molecule has 2 aromatic rings. The number of anilines is 1. The lowest BCUT2D eigenvalue weighted by molar-refractivity contribution is -0.107. The molecule has 3 nitrogen and oxygen atoms in total. The third-order valence-electron chi connectivity index (χ3n) is 3.45. The van der Waals surface area contributed by atoms with Crippen LogP contribution in [0, 0.1) is 6.92 Å². The zero-order chi connectivity index (χ0) is 15.9. The Morgan fingerprint density at radius 2 is 1.77 bits per heavy atom. The molecule has 0 aliphatic rings. The minimum atomic E-state index is -0.248. The van der Waals surface area contributed by atoms with Crippen molar-refractivity contribution in [3.05, 3.63) is 65.7 Å². The highest BCUT2D eigenvalue weighted by molar-refractivity contribution is 9.09. The van der Waals surface area contributed by atoms with Gasteiger partial charge in [0.15, 0.2) is 0 Å². The van der Waals surface area contributed by atoms with E-state index in [0.717, 1.165) is 17.5 Å². The van der Waals surface area contributed by atoms with Gasteiger partial charge < -0.3 is 9.69 Å². The molecule has 0 spiro atoms. The van der Waals surface area contributed by atoms with E-state index in [-0.39, 0.29) is 10.7 Å². The van der Waals surface area contributed by atoms with Gasteiger partial charge >= 0.3 is 0 Å². The Morgan fingerprint density at radius 1 is 1.14 bits per heavy atom. The van der Waals surface area contributed by atoms with Crippen molar-refractivity contribution < 1.29 is 9.59 Å². The maximum atomic E-state index is 12.8. The molecule has 2 aromatic carbocycles. The molecule has 0 aliphatic heterocycles. The van der Waals surface area contributed by atoms with Crippen LogP contribution in [0.25, 0.3) is 0 Å². The van der Waals surface area contributed by atoms with Gasteiger partial charge in [0, 0.05) is 17.8 Å². The zero-order valence-corrected chi connectivity index (χ0v) is 14.0. The van der Waals surface area contributed by atoms with E-state index < -0.39 is 0 Å². The average Bonchev–Trinajstić information content (AvgIpc) is 2.56. The zero-order valence-electron chi connectivity index (χ0n) is 12.4. The maximum Gasteiger partial charge on any atom is 0.258 e. The summed E-state index contributed by atoms with van der Waals surface area (Å²) >= 11 is 3.30. The maximum absolute atomic E-state index is 12.8. The van der Waals surface area contributed by atoms with Crippen LogP contribution in [0.1, 0.15) is 22.3 Å². The lowest BCUT2D eigenvalue weighted by Crippen LogP contribution is -2.33. The number of nitrogens with zero attached hydrogens (tertiary/aromatic N) is 1. The smallest absolute Gasteiger partial charge is 0.258 e. The fraction of sp³-hybridized carbons (Fsp3) is 0.222. The van der Waals surface area contributed by atoms with Crippen LogP contribution in [-0.2, 0) is 4.79 Å². The van der Waals surface area contributed by atoms with E-state index in [1.54, 1.807) is 17.0 Å². The van der Waals surface area contributed by atoms with Crippen LogP contribution in [0.4, 0.5) is 5.69 Å². The number of rotatable bonds is 6. The minimum absolute atomic E-state index is 0.0551. The van der Waals surface area contributed by atoms with E-state index >= 15 is 0 Å². The van der Waals surface area contributed by atoms with Gasteiger partial charge in [-0.1, -0.05) is 52.3 Å². The molecule has 0 fully saturated rings. The molecule has 4 heteroatoms. The second kappa shape index (κ2) is 7.90. The van der Waals surface area contributed by atoms with E-state index in [0.29, 0.717) is 18.5 Å². The summed E-state index contributed by atoms with van der Waals surface area (Å²) in [5.74, 6) is -0.0551. The van der Waals surface area contributed by atoms with Gasteiger partial charge in [-0.25, -0.2) is 0 Å². The first-order valence-corrected chi connectivity index (χ1v) is 8.07. The number of benzene rings is 2. The highest BCUT2D eigenvalue weighted by atomic mass is 79.9. The van der Waals surface area contributed by atoms with Crippen molar-refractivity contribution in [2.24, 2.45) is 0 Å². The molecular weight excluding hydrogens is 342 g/mol. The van der Waals surface area contributed by atoms with Gasteiger partial charge in [-0.2, -0.15) is 0 Å². The van der Waals surface area contributed by atoms with Crippen molar-refractivity contribution >= 4 is 33.8 Å². The largest absolute Gasteiger partial charge is 0.308 e. The van der Waals surface area contributed by atoms with Crippen molar-refractivity contribution in [2.45, 2.75) is 18.2 Å². The van der Waals surface area contributed by atoms with Gasteiger partial charge in [0.2, 0.25) is 0 Å². The molecule has 0 radical (unpaired) electrons. The molecule has 0 bridgehead atoms. The Balaban J connectivity index is 2.31. The Labute approximate surface area is 139 Å². The summed E-state index contributed by atoms with van der Waals surface area (Å²) in [6.07, 6.45) is 1.42. The highest BCUT2D eigenvalue weighted by Gasteiger charge is 2.19. The SMILES string of the molecule is Cc1ccccc1N(CCC(Br)C=O)C(=O)c1ccccc1. The number of aryl methyl sites for hydroxylation is 1. The number of para-hydroxylation sites is 1. The summed E-state index contributed by atoms with van der Waals surface area (Å²) in [6, 6.07) is 17.0. The standard InChI is InChI=1S/C18H18BrNO2/c1-14-7-5-6-10-17(14)20(12-11-16(19)13-21)18(22)15-8-3-2-4-9-15/h2-10,13,16H,11-12H2,1H3. The van der Waals surface area contributed by atoms with Crippen molar-refractivity contribution in [2.75, 3.05) is 11.4 Å². The lowest BCUT2D eigenvalue weighted by Gasteiger charge is -2.25. The number of amides is 1. The fourth-order valence-electron chi connectivity index (χ4n) is 2.25. The minimum Gasteiger partial charge on any atom is -0.308 e. The summed E-state index contributed by atoms with van der Waals surface area (Å²) < 4.78 is 0. The normalized spacial score (nSPS) is 11.7. The van der Waals surface area contributed by atoms with Crippen LogP contribution in [0.3, 0.4) is 0 Å². The van der Waals surface area contributed by atoms with Crippen LogP contribution < -0.4 is 4.90 Å². The quantitative estimate of drug-likeness (QED) is 0.577. The number of halogens is 1. The van der Waals surface area contributed by atoms with Crippen LogP contribution in [0.5, 0.6) is 0 Å². The predicted octanol–water partition coefficient (Wildman–Crippen LogP) is 3.99. The van der Waals surface area contributed by atoms with Crippen LogP contribution in [0.2, 0.25) is 0 Å². The van der Waals surface area contributed by atoms with Crippen molar-refractivity contribution in [3.63, 3.8) is 0 Å². The second-order valence-corrected chi connectivity index (χ2v) is 6.23. The molecule has 0 heterocycles. The third kappa shape index (κ3) is 4.04. The number of aldehydes is 1. The number of carbonyl (C=O) groups is 2. The first kappa shape index (κ1) is 16.4. The van der Waals surface area contributed by atoms with E-state index in [1.807, 2.05) is 49.4 Å². The topological polar surface area (TPSA) is 37.4 Å². The Hall–Kier alpha value is -1.94. The molecule has 0 N–H and O–H groups in total. The van der Waals surface area contributed by atoms with Crippen LogP contribution in [0.15, 0.2) is 54.6 Å². The van der Waals surface area contributed by atoms with Crippen molar-refractivity contribution in [1.29, 1.82) is 0 Å². The third-order valence-corrected chi connectivity index (χ3v) is 4.12. The van der Waals surface area contributed by atoms with Crippen molar-refractivity contribution in [3.8, 4) is 0 Å². The van der Waals surface area contributed by atoms with Gasteiger partial charge in [0.05, 0.1) is 4.83 Å². The van der Waals surface area contributed by atoms with Gasteiger partial charge in [0.1, 0.15) is 6.29 Å². The predicted molar refractivity (Wildman–Crippen MR) is 92.7 cm³/mol. The Bertz CT molecular complexity index is 643. The summed E-state index contributed by atoms with van der Waals surface area (Å²) in [4.78, 5) is 25.1. The highest BCUT2D eigenvalue weighted by Crippen LogP contribution is 2.22. The molecule has 2 rings (SSSR count). The summed E-state index contributed by atoms with van der Waals surface area (Å²) in [5.41, 5.74) is 2.55.